The van der Waals surface area contributed by atoms with Crippen molar-refractivity contribution in [2.45, 2.75) is 51.2 Å². The van der Waals surface area contributed by atoms with Gasteiger partial charge in [-0.3, -0.25) is 0 Å². The molecule has 0 unspecified atom stereocenters. The van der Waals surface area contributed by atoms with E-state index in [2.05, 4.69) is 17.4 Å². The van der Waals surface area contributed by atoms with Gasteiger partial charge in [-0.05, 0) is 30.5 Å². The van der Waals surface area contributed by atoms with Crippen LogP contribution in [0.3, 0.4) is 0 Å². The summed E-state index contributed by atoms with van der Waals surface area (Å²) >= 11 is 12.2. The summed E-state index contributed by atoms with van der Waals surface area (Å²) in [5.74, 6) is 0. The van der Waals surface area contributed by atoms with E-state index in [0.717, 1.165) is 29.1 Å². The van der Waals surface area contributed by atoms with Crippen LogP contribution >= 0.6 is 23.2 Å². The van der Waals surface area contributed by atoms with E-state index < -0.39 is 0 Å². The molecule has 6 heteroatoms. The zero-order valence-electron chi connectivity index (χ0n) is 15.7. The summed E-state index contributed by atoms with van der Waals surface area (Å²) in [6.07, 6.45) is 6.48. The van der Waals surface area contributed by atoms with E-state index in [-0.39, 0.29) is 0 Å². The minimum absolute atomic E-state index is 0.550. The van der Waals surface area contributed by atoms with Crippen LogP contribution in [0.5, 0.6) is 0 Å². The van der Waals surface area contributed by atoms with Gasteiger partial charge in [0.15, 0.2) is 0 Å². The molecule has 1 heterocycles. The molecule has 4 rings (SSSR count). The van der Waals surface area contributed by atoms with E-state index in [1.165, 1.54) is 32.1 Å². The Hall–Kier alpha value is -1.88. The second kappa shape index (κ2) is 9.08. The maximum Gasteiger partial charge on any atom is 0.117 e. The third-order valence-electron chi connectivity index (χ3n) is 5.24. The summed E-state index contributed by atoms with van der Waals surface area (Å²) in [6.45, 7) is 1.29. The minimum atomic E-state index is 0.550. The predicted octanol–water partition coefficient (Wildman–Crippen LogP) is 5.72. The van der Waals surface area contributed by atoms with Gasteiger partial charge in [0.05, 0.1) is 16.6 Å². The van der Waals surface area contributed by atoms with Gasteiger partial charge in [0, 0.05) is 18.2 Å². The Balaban J connectivity index is 1.57. The van der Waals surface area contributed by atoms with Crippen LogP contribution in [0.25, 0.3) is 11.3 Å². The maximum absolute atomic E-state index is 6.16. The first-order chi connectivity index (χ1) is 13.7. The SMILES string of the molecule is Clc1ccc(Cn2nc(CNC3CCCCC3)c(-c3ccccc3)n2)cc1Cl. The van der Waals surface area contributed by atoms with Crippen LogP contribution in [0.2, 0.25) is 10.0 Å². The highest BCUT2D eigenvalue weighted by atomic mass is 35.5. The average Bonchev–Trinajstić information content (AvgIpc) is 3.13. The molecule has 1 fully saturated rings. The molecular formula is C22H24Cl2N4. The number of nitrogens with zero attached hydrogens (tertiary/aromatic N) is 3. The number of aromatic nitrogens is 3. The van der Waals surface area contributed by atoms with Gasteiger partial charge in [-0.1, -0.05) is 78.9 Å². The van der Waals surface area contributed by atoms with Crippen molar-refractivity contribution in [1.29, 1.82) is 0 Å². The smallest absolute Gasteiger partial charge is 0.117 e. The third kappa shape index (κ3) is 4.75. The molecular weight excluding hydrogens is 391 g/mol. The van der Waals surface area contributed by atoms with Crippen LogP contribution in [0.1, 0.15) is 43.4 Å². The van der Waals surface area contributed by atoms with E-state index in [1.807, 2.05) is 36.4 Å². The van der Waals surface area contributed by atoms with Crippen LogP contribution in [0.15, 0.2) is 48.5 Å². The second-order valence-electron chi connectivity index (χ2n) is 7.36. The van der Waals surface area contributed by atoms with E-state index in [1.54, 1.807) is 4.80 Å². The molecule has 28 heavy (non-hydrogen) atoms. The molecule has 1 saturated carbocycles. The lowest BCUT2D eigenvalue weighted by atomic mass is 9.95. The maximum atomic E-state index is 6.16. The van der Waals surface area contributed by atoms with Crippen molar-refractivity contribution in [2.24, 2.45) is 0 Å². The number of hydrogen-bond acceptors (Lipinski definition) is 3. The van der Waals surface area contributed by atoms with E-state index in [4.69, 9.17) is 33.4 Å². The summed E-state index contributed by atoms with van der Waals surface area (Å²) < 4.78 is 0. The Morgan fingerprint density at radius 2 is 1.71 bits per heavy atom. The largest absolute Gasteiger partial charge is 0.308 e. The molecule has 1 aliphatic carbocycles. The summed E-state index contributed by atoms with van der Waals surface area (Å²) in [6, 6.07) is 16.5. The Labute approximate surface area is 175 Å². The molecule has 0 bridgehead atoms. The molecule has 3 aromatic rings. The molecule has 0 saturated heterocycles. The third-order valence-corrected chi connectivity index (χ3v) is 5.98. The Bertz CT molecular complexity index is 918. The van der Waals surface area contributed by atoms with Crippen molar-refractivity contribution in [3.8, 4) is 11.3 Å². The molecule has 0 spiro atoms. The van der Waals surface area contributed by atoms with Gasteiger partial charge >= 0.3 is 0 Å². The standard InChI is InChI=1S/C22H24Cl2N4/c23-19-12-11-16(13-20(19)24)15-28-26-21(14-25-18-9-5-2-6-10-18)22(27-28)17-7-3-1-4-8-17/h1,3-4,7-8,11-13,18,25H,2,5-6,9-10,14-15H2. The van der Waals surface area contributed by atoms with Crippen molar-refractivity contribution in [3.05, 3.63) is 69.8 Å². The van der Waals surface area contributed by atoms with Gasteiger partial charge < -0.3 is 5.32 Å². The Morgan fingerprint density at radius 3 is 2.46 bits per heavy atom. The number of nitrogens with one attached hydrogen (secondary N) is 1. The minimum Gasteiger partial charge on any atom is -0.308 e. The predicted molar refractivity (Wildman–Crippen MR) is 115 cm³/mol. The highest BCUT2D eigenvalue weighted by molar-refractivity contribution is 6.42. The molecule has 0 atom stereocenters. The van der Waals surface area contributed by atoms with Crippen molar-refractivity contribution >= 4 is 23.2 Å². The summed E-state index contributed by atoms with van der Waals surface area (Å²) in [5.41, 5.74) is 4.03. The Morgan fingerprint density at radius 1 is 0.929 bits per heavy atom. The monoisotopic (exact) mass is 414 g/mol. The lowest BCUT2D eigenvalue weighted by molar-refractivity contribution is 0.370. The van der Waals surface area contributed by atoms with Gasteiger partial charge in [0.25, 0.3) is 0 Å². The van der Waals surface area contributed by atoms with Crippen molar-refractivity contribution in [3.63, 3.8) is 0 Å². The van der Waals surface area contributed by atoms with Crippen LogP contribution in [-0.4, -0.2) is 21.0 Å². The van der Waals surface area contributed by atoms with Crippen LogP contribution in [0.4, 0.5) is 0 Å². The first kappa shape index (κ1) is 19.4. The lowest BCUT2D eigenvalue weighted by Gasteiger charge is -2.22. The fraction of sp³-hybridized carbons (Fsp3) is 0.364. The first-order valence-corrected chi connectivity index (χ1v) is 10.6. The number of halogens is 2. The van der Waals surface area contributed by atoms with Crippen LogP contribution < -0.4 is 5.32 Å². The van der Waals surface area contributed by atoms with Gasteiger partial charge in [-0.2, -0.15) is 15.0 Å². The van der Waals surface area contributed by atoms with Crippen LogP contribution in [-0.2, 0) is 13.1 Å². The number of benzene rings is 2. The number of hydrogen-bond donors (Lipinski definition) is 1. The molecule has 0 amide bonds. The molecule has 1 aliphatic rings. The van der Waals surface area contributed by atoms with Crippen LogP contribution in [0, 0.1) is 0 Å². The molecule has 2 aromatic carbocycles. The zero-order chi connectivity index (χ0) is 19.3. The highest BCUT2D eigenvalue weighted by Crippen LogP contribution is 2.24. The van der Waals surface area contributed by atoms with Crippen molar-refractivity contribution < 1.29 is 0 Å². The molecule has 1 N–H and O–H groups in total. The van der Waals surface area contributed by atoms with E-state index >= 15 is 0 Å². The quantitative estimate of drug-likeness (QED) is 0.560. The summed E-state index contributed by atoms with van der Waals surface area (Å²) in [7, 11) is 0. The van der Waals surface area contributed by atoms with E-state index in [9.17, 15) is 0 Å². The fourth-order valence-corrected chi connectivity index (χ4v) is 4.06. The lowest BCUT2D eigenvalue weighted by Crippen LogP contribution is -2.30. The Kier molecular flexibility index (Phi) is 6.30. The van der Waals surface area contributed by atoms with Gasteiger partial charge in [0.1, 0.15) is 11.4 Å². The normalized spacial score (nSPS) is 15.1. The topological polar surface area (TPSA) is 42.7 Å². The molecule has 0 radical (unpaired) electrons. The fourth-order valence-electron chi connectivity index (χ4n) is 3.74. The summed E-state index contributed by atoms with van der Waals surface area (Å²) in [4.78, 5) is 1.75. The van der Waals surface area contributed by atoms with Crippen molar-refractivity contribution in [1.82, 2.24) is 20.3 Å². The average molecular weight is 415 g/mol. The molecule has 146 valence electrons. The first-order valence-electron chi connectivity index (χ1n) is 9.86. The van der Waals surface area contributed by atoms with Gasteiger partial charge in [0.2, 0.25) is 0 Å². The van der Waals surface area contributed by atoms with Gasteiger partial charge in [-0.25, -0.2) is 0 Å². The molecule has 0 aliphatic heterocycles. The number of rotatable bonds is 6. The zero-order valence-corrected chi connectivity index (χ0v) is 17.3. The van der Waals surface area contributed by atoms with Gasteiger partial charge in [-0.15, -0.1) is 0 Å². The summed E-state index contributed by atoms with van der Waals surface area (Å²) in [5, 5.41) is 14.4. The molecule has 1 aromatic heterocycles. The van der Waals surface area contributed by atoms with Crippen molar-refractivity contribution in [2.75, 3.05) is 0 Å². The molecule has 4 nitrogen and oxygen atoms in total. The van der Waals surface area contributed by atoms with E-state index in [0.29, 0.717) is 22.6 Å². The second-order valence-corrected chi connectivity index (χ2v) is 8.17. The highest BCUT2D eigenvalue weighted by Gasteiger charge is 2.17.